The molecule has 4 N–H and O–H groups in total. The lowest BCUT2D eigenvalue weighted by molar-refractivity contribution is -0.261. The highest BCUT2D eigenvalue weighted by molar-refractivity contribution is 5.90. The van der Waals surface area contributed by atoms with Crippen LogP contribution < -0.4 is 5.73 Å². The number of amides is 1. The molecule has 0 spiro atoms. The van der Waals surface area contributed by atoms with E-state index in [1.54, 1.807) is 0 Å². The summed E-state index contributed by atoms with van der Waals surface area (Å²) >= 11 is 0. The van der Waals surface area contributed by atoms with Gasteiger partial charge in [0.2, 0.25) is 17.5 Å². The Labute approximate surface area is 290 Å². The van der Waals surface area contributed by atoms with Crippen molar-refractivity contribution in [1.82, 2.24) is 0 Å². The lowest BCUT2D eigenvalue weighted by atomic mass is 9.91. The molecule has 0 rings (SSSR count). The smallest absolute Gasteiger partial charge is 0.232 e. The molecule has 47 heavy (non-hydrogen) atoms. The molecule has 0 aliphatic heterocycles. The summed E-state index contributed by atoms with van der Waals surface area (Å²) in [5.74, 6) is -3.36. The number of rotatable bonds is 37. The molecule has 0 aromatic carbocycles. The van der Waals surface area contributed by atoms with Gasteiger partial charge in [-0.2, -0.15) is 0 Å². The summed E-state index contributed by atoms with van der Waals surface area (Å²) < 4.78 is 12.7. The van der Waals surface area contributed by atoms with Crippen LogP contribution in [-0.2, 0) is 19.1 Å². The maximum absolute atomic E-state index is 13.5. The van der Waals surface area contributed by atoms with E-state index >= 15 is 0 Å². The first kappa shape index (κ1) is 46.0. The Balaban J connectivity index is 4.87. The number of aliphatic hydroxyl groups is 2. The Morgan fingerprint density at radius 3 is 1.38 bits per heavy atom. The zero-order valence-electron chi connectivity index (χ0n) is 31.6. The van der Waals surface area contributed by atoms with Crippen LogP contribution in [-0.4, -0.2) is 53.1 Å². The van der Waals surface area contributed by atoms with Gasteiger partial charge >= 0.3 is 0 Å². The van der Waals surface area contributed by atoms with Gasteiger partial charge in [0.1, 0.15) is 6.10 Å². The molecule has 0 fully saturated rings. The number of aliphatic hydroxyl groups excluding tert-OH is 2. The fraction of sp³-hybridized carbons (Fsp3) is 0.950. The summed E-state index contributed by atoms with van der Waals surface area (Å²) in [4.78, 5) is 26.1. The topological polar surface area (TPSA) is 119 Å². The number of hydrogen-bond donors (Lipinski definition) is 3. The number of hydrogen-bond acceptors (Lipinski definition) is 6. The van der Waals surface area contributed by atoms with Crippen LogP contribution in [0.1, 0.15) is 207 Å². The van der Waals surface area contributed by atoms with E-state index in [-0.39, 0.29) is 6.42 Å². The van der Waals surface area contributed by atoms with Gasteiger partial charge in [-0.15, -0.1) is 0 Å². The summed E-state index contributed by atoms with van der Waals surface area (Å²) in [5, 5.41) is 20.0. The van der Waals surface area contributed by atoms with Gasteiger partial charge in [0.05, 0.1) is 25.2 Å². The molecule has 4 unspecified atom stereocenters. The van der Waals surface area contributed by atoms with Crippen LogP contribution in [0.25, 0.3) is 0 Å². The molecule has 0 saturated heterocycles. The molecule has 7 nitrogen and oxygen atoms in total. The summed E-state index contributed by atoms with van der Waals surface area (Å²) in [5.41, 5.74) is 5.89. The van der Waals surface area contributed by atoms with Gasteiger partial charge in [-0.05, 0) is 19.3 Å². The fourth-order valence-electron chi connectivity index (χ4n) is 6.67. The normalized spacial score (nSPS) is 14.9. The van der Waals surface area contributed by atoms with Gasteiger partial charge in [0, 0.05) is 6.42 Å². The Hall–Kier alpha value is -1.02. The van der Waals surface area contributed by atoms with Crippen molar-refractivity contribution in [2.24, 2.45) is 11.7 Å². The molecular weight excluding hydrogens is 590 g/mol. The number of primary amides is 1. The van der Waals surface area contributed by atoms with E-state index in [0.717, 1.165) is 38.5 Å². The van der Waals surface area contributed by atoms with Crippen molar-refractivity contribution >= 4 is 11.7 Å². The van der Waals surface area contributed by atoms with Gasteiger partial charge in [0.15, 0.2) is 0 Å². The van der Waals surface area contributed by atoms with E-state index in [1.807, 2.05) is 13.8 Å². The average molecular weight is 670 g/mol. The Morgan fingerprint density at radius 1 is 0.617 bits per heavy atom. The molecule has 0 aliphatic carbocycles. The number of carbonyl (C=O) groups excluding carboxylic acids is 2. The van der Waals surface area contributed by atoms with Crippen molar-refractivity contribution in [1.29, 1.82) is 0 Å². The van der Waals surface area contributed by atoms with E-state index in [4.69, 9.17) is 15.2 Å². The number of carbonyl (C=O) groups is 2. The third-order valence-corrected chi connectivity index (χ3v) is 9.69. The minimum Gasteiger partial charge on any atom is -0.393 e. The van der Waals surface area contributed by atoms with Crippen LogP contribution in [0.2, 0.25) is 0 Å². The number of unbranched alkanes of at least 4 members (excludes halogenated alkanes) is 22. The van der Waals surface area contributed by atoms with Crippen molar-refractivity contribution in [2.45, 2.75) is 225 Å². The lowest BCUT2D eigenvalue weighted by Gasteiger charge is -2.38. The fourth-order valence-corrected chi connectivity index (χ4v) is 6.67. The van der Waals surface area contributed by atoms with Crippen molar-refractivity contribution in [3.63, 3.8) is 0 Å². The van der Waals surface area contributed by atoms with Crippen LogP contribution in [0, 0.1) is 5.92 Å². The van der Waals surface area contributed by atoms with Gasteiger partial charge < -0.3 is 25.4 Å². The number of ether oxygens (including phenoxy) is 2. The molecular formula is C40H79NO6. The molecule has 7 heteroatoms. The standard InChI is InChI=1S/C40H79NO6/c1-5-9-11-13-15-17-19-20-21-22-24-26-28-30-33-46-40(32-7-3,38(44)36(43)34-42)47-37(8-4)35(39(41)45)31-29-27-25-23-18-16-14-12-10-6-2/h35-37,42-43H,5-34H2,1-4H3,(H2,41,45). The van der Waals surface area contributed by atoms with Gasteiger partial charge in [0.25, 0.3) is 0 Å². The quantitative estimate of drug-likeness (QED) is 0.0447. The minimum atomic E-state index is -1.71. The van der Waals surface area contributed by atoms with E-state index in [0.29, 0.717) is 25.9 Å². The van der Waals surface area contributed by atoms with Gasteiger partial charge in [-0.3, -0.25) is 9.59 Å². The Bertz CT molecular complexity index is 719. The first-order chi connectivity index (χ1) is 22.8. The maximum Gasteiger partial charge on any atom is 0.232 e. The van der Waals surface area contributed by atoms with Crippen molar-refractivity contribution in [3.05, 3.63) is 0 Å². The Morgan fingerprint density at radius 2 is 1.02 bits per heavy atom. The SMILES string of the molecule is CCCCCCCCCCCCCCCCOC(CCC)(OC(CC)C(CCCCCCCCCCCC)C(N)=O)C(=O)C(O)CO. The number of ketones is 1. The third-order valence-electron chi connectivity index (χ3n) is 9.69. The highest BCUT2D eigenvalue weighted by Crippen LogP contribution is 2.31. The number of nitrogens with two attached hydrogens (primary N) is 1. The van der Waals surface area contributed by atoms with Crippen LogP contribution in [0.4, 0.5) is 0 Å². The summed E-state index contributed by atoms with van der Waals surface area (Å²) in [7, 11) is 0. The number of Topliss-reactive ketones (excluding diaryl/α,β-unsaturated/α-hetero) is 1. The van der Waals surface area contributed by atoms with Crippen LogP contribution in [0.15, 0.2) is 0 Å². The second kappa shape index (κ2) is 32.2. The molecule has 4 atom stereocenters. The largest absolute Gasteiger partial charge is 0.393 e. The molecule has 0 aliphatic rings. The second-order valence-electron chi connectivity index (χ2n) is 14.1. The van der Waals surface area contributed by atoms with Crippen molar-refractivity contribution in [2.75, 3.05) is 13.2 Å². The minimum absolute atomic E-state index is 0.238. The van der Waals surface area contributed by atoms with Crippen LogP contribution in [0.5, 0.6) is 0 Å². The first-order valence-corrected chi connectivity index (χ1v) is 20.3. The molecule has 1 amide bonds. The van der Waals surface area contributed by atoms with E-state index in [1.165, 1.54) is 116 Å². The average Bonchev–Trinajstić information content (AvgIpc) is 3.07. The predicted octanol–water partition coefficient (Wildman–Crippen LogP) is 10.1. The van der Waals surface area contributed by atoms with Gasteiger partial charge in [-0.1, -0.05) is 182 Å². The molecule has 0 aromatic heterocycles. The van der Waals surface area contributed by atoms with Crippen molar-refractivity contribution < 1.29 is 29.3 Å². The van der Waals surface area contributed by atoms with Gasteiger partial charge in [-0.25, -0.2) is 0 Å². The Kier molecular flexibility index (Phi) is 31.5. The molecule has 0 aromatic rings. The molecule has 0 radical (unpaired) electrons. The molecule has 0 bridgehead atoms. The third kappa shape index (κ3) is 23.1. The summed E-state index contributed by atoms with van der Waals surface area (Å²) in [6, 6.07) is 0. The van der Waals surface area contributed by atoms with E-state index in [2.05, 4.69) is 13.8 Å². The predicted molar refractivity (Wildman–Crippen MR) is 196 cm³/mol. The summed E-state index contributed by atoms with van der Waals surface area (Å²) in [6.45, 7) is 7.97. The van der Waals surface area contributed by atoms with E-state index < -0.39 is 42.2 Å². The summed E-state index contributed by atoms with van der Waals surface area (Å²) in [6.07, 6.45) is 29.3. The monoisotopic (exact) mass is 670 g/mol. The zero-order valence-corrected chi connectivity index (χ0v) is 31.6. The maximum atomic E-state index is 13.5. The lowest BCUT2D eigenvalue weighted by Crippen LogP contribution is -2.54. The first-order valence-electron chi connectivity index (χ1n) is 20.3. The second-order valence-corrected chi connectivity index (χ2v) is 14.1. The highest BCUT2D eigenvalue weighted by Gasteiger charge is 2.46. The van der Waals surface area contributed by atoms with E-state index in [9.17, 15) is 19.8 Å². The molecule has 0 saturated carbocycles. The highest BCUT2D eigenvalue weighted by atomic mass is 16.7. The van der Waals surface area contributed by atoms with Crippen molar-refractivity contribution in [3.8, 4) is 0 Å². The zero-order chi connectivity index (χ0) is 35.0. The molecule has 0 heterocycles. The van der Waals surface area contributed by atoms with Crippen LogP contribution in [0.3, 0.4) is 0 Å². The van der Waals surface area contributed by atoms with Crippen LogP contribution >= 0.6 is 0 Å². The molecule has 280 valence electrons.